The Morgan fingerprint density at radius 1 is 0.952 bits per heavy atom. The Morgan fingerprint density at radius 3 is 2.24 bits per heavy atom. The van der Waals surface area contributed by atoms with Crippen LogP contribution in [-0.2, 0) is 17.8 Å². The Balaban J connectivity index is 1.77. The van der Waals surface area contributed by atoms with Crippen LogP contribution in [0.25, 0.3) is 0 Å². The molecule has 1 amide bonds. The first kappa shape index (κ1) is 15.3. The van der Waals surface area contributed by atoms with E-state index < -0.39 is 0 Å². The largest absolute Gasteiger partial charge is 0.376 e. The zero-order valence-corrected chi connectivity index (χ0v) is 12.6. The molecular formula is C18H21NO2. The third-order valence-electron chi connectivity index (χ3n) is 3.25. The van der Waals surface area contributed by atoms with Gasteiger partial charge in [0.1, 0.15) is 0 Å². The molecule has 0 spiro atoms. The van der Waals surface area contributed by atoms with Gasteiger partial charge in [-0.25, -0.2) is 0 Å². The first-order valence-electron chi connectivity index (χ1n) is 7.09. The van der Waals surface area contributed by atoms with Crippen molar-refractivity contribution >= 4 is 5.91 Å². The molecule has 21 heavy (non-hydrogen) atoms. The Bertz CT molecular complexity index is 562. The lowest BCUT2D eigenvalue weighted by molar-refractivity contribution is 0.0827. The van der Waals surface area contributed by atoms with E-state index in [0.29, 0.717) is 18.8 Å². The number of amides is 1. The van der Waals surface area contributed by atoms with Gasteiger partial charge in [0.15, 0.2) is 0 Å². The van der Waals surface area contributed by atoms with Gasteiger partial charge in [0.2, 0.25) is 0 Å². The molecule has 0 bridgehead atoms. The number of rotatable bonds is 6. The van der Waals surface area contributed by atoms with Crippen LogP contribution < -0.4 is 0 Å². The highest BCUT2D eigenvalue weighted by atomic mass is 16.5. The third kappa shape index (κ3) is 4.72. The molecule has 0 aliphatic carbocycles. The van der Waals surface area contributed by atoms with Crippen LogP contribution in [0.4, 0.5) is 0 Å². The SMILES string of the molecule is CN(C)C(=O)c1ccc(COCCc2ccccc2)cc1. The number of ether oxygens (including phenoxy) is 1. The summed E-state index contributed by atoms with van der Waals surface area (Å²) in [5.74, 6) is 0.0199. The second-order valence-electron chi connectivity index (χ2n) is 5.18. The fourth-order valence-electron chi connectivity index (χ4n) is 2.03. The van der Waals surface area contributed by atoms with Gasteiger partial charge in [-0.15, -0.1) is 0 Å². The number of carbonyl (C=O) groups is 1. The van der Waals surface area contributed by atoms with Crippen molar-refractivity contribution in [3.63, 3.8) is 0 Å². The lowest BCUT2D eigenvalue weighted by Gasteiger charge is -2.10. The Hall–Kier alpha value is -2.13. The van der Waals surface area contributed by atoms with Crippen LogP contribution >= 0.6 is 0 Å². The predicted octanol–water partition coefficient (Wildman–Crippen LogP) is 3.15. The van der Waals surface area contributed by atoms with E-state index in [2.05, 4.69) is 12.1 Å². The topological polar surface area (TPSA) is 29.5 Å². The van der Waals surface area contributed by atoms with E-state index in [1.165, 1.54) is 5.56 Å². The first-order chi connectivity index (χ1) is 10.2. The van der Waals surface area contributed by atoms with Crippen molar-refractivity contribution in [3.05, 3.63) is 71.3 Å². The van der Waals surface area contributed by atoms with E-state index in [9.17, 15) is 4.79 Å². The molecule has 3 nitrogen and oxygen atoms in total. The maximum absolute atomic E-state index is 11.8. The molecule has 2 aromatic carbocycles. The zero-order valence-electron chi connectivity index (χ0n) is 12.6. The molecule has 0 aromatic heterocycles. The van der Waals surface area contributed by atoms with Gasteiger partial charge in [0, 0.05) is 19.7 Å². The highest BCUT2D eigenvalue weighted by Crippen LogP contribution is 2.08. The number of carbonyl (C=O) groups excluding carboxylic acids is 1. The molecule has 0 N–H and O–H groups in total. The Labute approximate surface area is 126 Å². The van der Waals surface area contributed by atoms with Crippen LogP contribution in [-0.4, -0.2) is 31.5 Å². The van der Waals surface area contributed by atoms with Gasteiger partial charge < -0.3 is 9.64 Å². The zero-order chi connectivity index (χ0) is 15.1. The minimum atomic E-state index is 0.0199. The van der Waals surface area contributed by atoms with Crippen molar-refractivity contribution in [2.45, 2.75) is 13.0 Å². The quantitative estimate of drug-likeness (QED) is 0.762. The summed E-state index contributed by atoms with van der Waals surface area (Å²) in [4.78, 5) is 13.3. The summed E-state index contributed by atoms with van der Waals surface area (Å²) in [6, 6.07) is 17.9. The van der Waals surface area contributed by atoms with Crippen molar-refractivity contribution in [2.75, 3.05) is 20.7 Å². The fourth-order valence-corrected chi connectivity index (χ4v) is 2.03. The Morgan fingerprint density at radius 2 is 1.62 bits per heavy atom. The minimum absolute atomic E-state index is 0.0199. The third-order valence-corrected chi connectivity index (χ3v) is 3.25. The van der Waals surface area contributed by atoms with Crippen molar-refractivity contribution in [3.8, 4) is 0 Å². The summed E-state index contributed by atoms with van der Waals surface area (Å²) in [6.07, 6.45) is 0.915. The summed E-state index contributed by atoms with van der Waals surface area (Å²) in [7, 11) is 3.51. The smallest absolute Gasteiger partial charge is 0.253 e. The molecular weight excluding hydrogens is 262 g/mol. The van der Waals surface area contributed by atoms with Gasteiger partial charge in [0.05, 0.1) is 13.2 Å². The van der Waals surface area contributed by atoms with Crippen molar-refractivity contribution < 1.29 is 9.53 Å². The predicted molar refractivity (Wildman–Crippen MR) is 84.3 cm³/mol. The summed E-state index contributed by atoms with van der Waals surface area (Å²) in [5, 5.41) is 0. The summed E-state index contributed by atoms with van der Waals surface area (Å²) in [6.45, 7) is 1.27. The molecule has 0 saturated heterocycles. The number of hydrogen-bond acceptors (Lipinski definition) is 2. The molecule has 0 unspecified atom stereocenters. The second-order valence-corrected chi connectivity index (χ2v) is 5.18. The first-order valence-corrected chi connectivity index (χ1v) is 7.09. The summed E-state index contributed by atoms with van der Waals surface area (Å²) >= 11 is 0. The molecule has 0 fully saturated rings. The monoisotopic (exact) mass is 283 g/mol. The number of benzene rings is 2. The lowest BCUT2D eigenvalue weighted by Crippen LogP contribution is -2.21. The molecule has 0 saturated carbocycles. The van der Waals surface area contributed by atoms with E-state index in [0.717, 1.165) is 12.0 Å². The highest BCUT2D eigenvalue weighted by molar-refractivity contribution is 5.93. The van der Waals surface area contributed by atoms with Crippen LogP contribution in [0.1, 0.15) is 21.5 Å². The summed E-state index contributed by atoms with van der Waals surface area (Å²) in [5.41, 5.74) is 3.07. The lowest BCUT2D eigenvalue weighted by atomic mass is 10.1. The maximum atomic E-state index is 11.8. The average Bonchev–Trinajstić information content (AvgIpc) is 2.52. The highest BCUT2D eigenvalue weighted by Gasteiger charge is 2.06. The van der Waals surface area contributed by atoms with Gasteiger partial charge in [-0.05, 0) is 29.7 Å². The molecule has 0 aliphatic rings. The minimum Gasteiger partial charge on any atom is -0.376 e. The molecule has 0 aliphatic heterocycles. The van der Waals surface area contributed by atoms with E-state index in [1.807, 2.05) is 42.5 Å². The molecule has 0 atom stereocenters. The van der Waals surface area contributed by atoms with Gasteiger partial charge in [-0.1, -0.05) is 42.5 Å². The second kappa shape index (κ2) is 7.60. The van der Waals surface area contributed by atoms with Crippen LogP contribution in [0.15, 0.2) is 54.6 Å². The van der Waals surface area contributed by atoms with Crippen LogP contribution in [0.2, 0.25) is 0 Å². The average molecular weight is 283 g/mol. The van der Waals surface area contributed by atoms with Crippen LogP contribution in [0.5, 0.6) is 0 Å². The van der Waals surface area contributed by atoms with Gasteiger partial charge in [0.25, 0.3) is 5.91 Å². The van der Waals surface area contributed by atoms with Crippen molar-refractivity contribution in [1.29, 1.82) is 0 Å². The molecule has 0 heterocycles. The summed E-state index contributed by atoms with van der Waals surface area (Å²) < 4.78 is 5.68. The van der Waals surface area contributed by atoms with E-state index in [1.54, 1.807) is 19.0 Å². The number of nitrogens with zero attached hydrogens (tertiary/aromatic N) is 1. The van der Waals surface area contributed by atoms with Crippen LogP contribution in [0, 0.1) is 0 Å². The molecule has 0 radical (unpaired) electrons. The fraction of sp³-hybridized carbons (Fsp3) is 0.278. The maximum Gasteiger partial charge on any atom is 0.253 e. The number of hydrogen-bond donors (Lipinski definition) is 0. The van der Waals surface area contributed by atoms with Crippen molar-refractivity contribution in [2.24, 2.45) is 0 Å². The normalized spacial score (nSPS) is 10.4. The molecule has 3 heteroatoms. The van der Waals surface area contributed by atoms with E-state index in [-0.39, 0.29) is 5.91 Å². The standard InChI is InChI=1S/C18H21NO2/c1-19(2)18(20)17-10-8-16(9-11-17)14-21-13-12-15-6-4-3-5-7-15/h3-11H,12-14H2,1-2H3. The van der Waals surface area contributed by atoms with Crippen LogP contribution in [0.3, 0.4) is 0 Å². The molecule has 2 aromatic rings. The van der Waals surface area contributed by atoms with E-state index >= 15 is 0 Å². The van der Waals surface area contributed by atoms with Gasteiger partial charge in [-0.2, -0.15) is 0 Å². The van der Waals surface area contributed by atoms with E-state index in [4.69, 9.17) is 4.74 Å². The Kier molecular flexibility index (Phi) is 5.52. The van der Waals surface area contributed by atoms with Gasteiger partial charge >= 0.3 is 0 Å². The molecule has 2 rings (SSSR count). The van der Waals surface area contributed by atoms with Gasteiger partial charge in [-0.3, -0.25) is 4.79 Å². The van der Waals surface area contributed by atoms with Crippen molar-refractivity contribution in [1.82, 2.24) is 4.90 Å². The molecule has 110 valence electrons.